The third-order valence-electron chi connectivity index (χ3n) is 5.24. The molecule has 1 aliphatic rings. The normalized spacial score (nSPS) is 16.4. The van der Waals surface area contributed by atoms with Crippen LogP contribution in [0.3, 0.4) is 0 Å². The molecule has 2 aromatic carbocycles. The van der Waals surface area contributed by atoms with Crippen LogP contribution in [0.5, 0.6) is 11.5 Å². The summed E-state index contributed by atoms with van der Waals surface area (Å²) >= 11 is 0. The topological polar surface area (TPSA) is 108 Å². The van der Waals surface area contributed by atoms with Gasteiger partial charge in [-0.1, -0.05) is 24.3 Å². The molecule has 3 rings (SSSR count). The van der Waals surface area contributed by atoms with Crippen molar-refractivity contribution in [3.05, 3.63) is 54.1 Å². The zero-order valence-electron chi connectivity index (χ0n) is 17.6. The Labute approximate surface area is 181 Å². The van der Waals surface area contributed by atoms with E-state index in [1.807, 2.05) is 0 Å². The number of hydrogen-bond donors (Lipinski definition) is 3. The van der Waals surface area contributed by atoms with Gasteiger partial charge in [-0.15, -0.1) is 0 Å². The first-order valence-corrected chi connectivity index (χ1v) is 10.2. The summed E-state index contributed by atoms with van der Waals surface area (Å²) in [5.74, 6) is -0.383. The van der Waals surface area contributed by atoms with Gasteiger partial charge in [0.15, 0.2) is 5.75 Å². The minimum absolute atomic E-state index is 0.188. The van der Waals surface area contributed by atoms with Gasteiger partial charge in [0.2, 0.25) is 11.8 Å². The number of rotatable bonds is 8. The number of hydrogen-bond acceptors (Lipinski definition) is 5. The van der Waals surface area contributed by atoms with Gasteiger partial charge in [-0.2, -0.15) is 0 Å². The lowest BCUT2D eigenvalue weighted by molar-refractivity contribution is -0.149. The van der Waals surface area contributed by atoms with E-state index >= 15 is 0 Å². The Morgan fingerprint density at radius 3 is 2.52 bits per heavy atom. The molecule has 2 aromatic rings. The highest BCUT2D eigenvalue weighted by Crippen LogP contribution is 2.29. The molecule has 8 nitrogen and oxygen atoms in total. The maximum Gasteiger partial charge on any atom is 0.326 e. The summed E-state index contributed by atoms with van der Waals surface area (Å²) in [6.45, 7) is 2.20. The van der Waals surface area contributed by atoms with E-state index in [0.29, 0.717) is 17.2 Å². The molecule has 2 atom stereocenters. The van der Waals surface area contributed by atoms with Gasteiger partial charge >= 0.3 is 5.97 Å². The highest BCUT2D eigenvalue weighted by atomic mass is 16.5. The molecular formula is C23H27N3O5. The van der Waals surface area contributed by atoms with Gasteiger partial charge in [0, 0.05) is 20.4 Å². The molecule has 8 heteroatoms. The molecule has 3 N–H and O–H groups in total. The second-order valence-corrected chi connectivity index (χ2v) is 7.58. The molecular weight excluding hydrogens is 398 g/mol. The van der Waals surface area contributed by atoms with Crippen LogP contribution in [0.25, 0.3) is 0 Å². The number of aliphatic carboxylic acids is 1. The number of amides is 2. The van der Waals surface area contributed by atoms with E-state index in [-0.39, 0.29) is 24.3 Å². The van der Waals surface area contributed by atoms with Gasteiger partial charge in [-0.3, -0.25) is 9.59 Å². The van der Waals surface area contributed by atoms with E-state index in [4.69, 9.17) is 4.74 Å². The highest BCUT2D eigenvalue weighted by molar-refractivity contribution is 5.90. The second-order valence-electron chi connectivity index (χ2n) is 7.58. The number of nitrogens with zero attached hydrogens (tertiary/aromatic N) is 1. The van der Waals surface area contributed by atoms with Crippen LogP contribution in [0.1, 0.15) is 25.3 Å². The smallest absolute Gasteiger partial charge is 0.326 e. The van der Waals surface area contributed by atoms with Crippen LogP contribution in [0.4, 0.5) is 5.69 Å². The molecule has 1 fully saturated rings. The summed E-state index contributed by atoms with van der Waals surface area (Å²) in [5.41, 5.74) is 1.33. The number of likely N-dealkylation sites (N-methyl/N-ethyl adjacent to an activating group) is 1. The van der Waals surface area contributed by atoms with Crippen LogP contribution < -0.4 is 15.4 Å². The van der Waals surface area contributed by atoms with Gasteiger partial charge in [-0.25, -0.2) is 4.79 Å². The standard InChI is InChI=1S/C23H27N3O5/c1-15(27)25-18-6-3-4-8-21(18)31-17-11-9-16(10-12-17)14-20(23(29)30)26(2)22(28)19-7-5-13-24-19/h3-4,6,8-12,19-20,24H,5,7,13-14H2,1-2H3,(H,25,27)(H,29,30)/t19-,20-/m0/s1. The summed E-state index contributed by atoms with van der Waals surface area (Å²) in [5, 5.41) is 15.5. The number of ether oxygens (including phenoxy) is 1. The van der Waals surface area contributed by atoms with Crippen LogP contribution >= 0.6 is 0 Å². The van der Waals surface area contributed by atoms with E-state index in [9.17, 15) is 19.5 Å². The number of anilines is 1. The van der Waals surface area contributed by atoms with Crippen molar-refractivity contribution < 1.29 is 24.2 Å². The molecule has 0 aliphatic carbocycles. The van der Waals surface area contributed by atoms with E-state index in [0.717, 1.165) is 24.9 Å². The fourth-order valence-corrected chi connectivity index (χ4v) is 3.58. The Morgan fingerprint density at radius 2 is 1.90 bits per heavy atom. The number of para-hydroxylation sites is 2. The molecule has 0 spiro atoms. The maximum atomic E-state index is 12.6. The maximum absolute atomic E-state index is 12.6. The van der Waals surface area contributed by atoms with E-state index in [1.54, 1.807) is 48.5 Å². The lowest BCUT2D eigenvalue weighted by atomic mass is 10.0. The van der Waals surface area contributed by atoms with E-state index in [2.05, 4.69) is 10.6 Å². The Kier molecular flexibility index (Phi) is 7.25. The molecule has 164 valence electrons. The van der Waals surface area contributed by atoms with Gasteiger partial charge in [0.05, 0.1) is 11.7 Å². The number of carboxylic acids is 1. The zero-order chi connectivity index (χ0) is 22.4. The average molecular weight is 425 g/mol. The molecule has 1 heterocycles. The predicted octanol–water partition coefficient (Wildman–Crippen LogP) is 2.64. The molecule has 31 heavy (non-hydrogen) atoms. The van der Waals surface area contributed by atoms with Crippen molar-refractivity contribution in [2.75, 3.05) is 18.9 Å². The van der Waals surface area contributed by atoms with Crippen molar-refractivity contribution in [1.82, 2.24) is 10.2 Å². The largest absolute Gasteiger partial charge is 0.480 e. The Balaban J connectivity index is 1.68. The second kappa shape index (κ2) is 10.1. The SMILES string of the molecule is CC(=O)Nc1ccccc1Oc1ccc(C[C@@H](C(=O)O)N(C)C(=O)[C@@H]2CCCN2)cc1. The van der Waals surface area contributed by atoms with Gasteiger partial charge < -0.3 is 25.4 Å². The monoisotopic (exact) mass is 425 g/mol. The first-order valence-electron chi connectivity index (χ1n) is 10.2. The molecule has 1 saturated heterocycles. The summed E-state index contributed by atoms with van der Waals surface area (Å²) in [7, 11) is 1.54. The average Bonchev–Trinajstić information content (AvgIpc) is 3.28. The molecule has 0 unspecified atom stereocenters. The minimum atomic E-state index is -1.04. The van der Waals surface area contributed by atoms with Crippen LogP contribution in [-0.2, 0) is 20.8 Å². The van der Waals surface area contributed by atoms with Gasteiger partial charge in [0.25, 0.3) is 0 Å². The third kappa shape index (κ3) is 5.82. The fraction of sp³-hybridized carbons (Fsp3) is 0.348. The Hall–Kier alpha value is -3.39. The summed E-state index contributed by atoms with van der Waals surface area (Å²) in [4.78, 5) is 37.1. The number of carboxylic acid groups (broad SMARTS) is 1. The van der Waals surface area contributed by atoms with E-state index < -0.39 is 12.0 Å². The number of benzene rings is 2. The van der Waals surface area contributed by atoms with Crippen molar-refractivity contribution in [3.8, 4) is 11.5 Å². The first kappa shape index (κ1) is 22.3. The third-order valence-corrected chi connectivity index (χ3v) is 5.24. The lowest BCUT2D eigenvalue weighted by Crippen LogP contribution is -2.50. The van der Waals surface area contributed by atoms with Crippen LogP contribution in [0.15, 0.2) is 48.5 Å². The van der Waals surface area contributed by atoms with Crippen molar-refractivity contribution in [3.63, 3.8) is 0 Å². The van der Waals surface area contributed by atoms with Crippen molar-refractivity contribution in [2.24, 2.45) is 0 Å². The van der Waals surface area contributed by atoms with Crippen LogP contribution in [0, 0.1) is 0 Å². The highest BCUT2D eigenvalue weighted by Gasteiger charge is 2.32. The summed E-state index contributed by atoms with van der Waals surface area (Å²) < 4.78 is 5.87. The first-order chi connectivity index (χ1) is 14.8. The molecule has 1 aliphatic heterocycles. The van der Waals surface area contributed by atoms with Crippen molar-refractivity contribution in [2.45, 2.75) is 38.3 Å². The number of nitrogens with one attached hydrogen (secondary N) is 2. The summed E-state index contributed by atoms with van der Waals surface area (Å²) in [6, 6.07) is 12.8. The molecule has 0 saturated carbocycles. The van der Waals surface area contributed by atoms with Crippen LogP contribution in [0.2, 0.25) is 0 Å². The minimum Gasteiger partial charge on any atom is -0.480 e. The zero-order valence-corrected chi connectivity index (χ0v) is 17.6. The quantitative estimate of drug-likeness (QED) is 0.600. The summed E-state index contributed by atoms with van der Waals surface area (Å²) in [6.07, 6.45) is 1.82. The number of carbonyl (C=O) groups is 3. The number of carbonyl (C=O) groups excluding carboxylic acids is 2. The van der Waals surface area contributed by atoms with Gasteiger partial charge in [0.1, 0.15) is 11.8 Å². The van der Waals surface area contributed by atoms with Gasteiger partial charge in [-0.05, 0) is 49.2 Å². The molecule has 0 bridgehead atoms. The van der Waals surface area contributed by atoms with Crippen molar-refractivity contribution in [1.29, 1.82) is 0 Å². The molecule has 2 amide bonds. The molecule has 0 aromatic heterocycles. The molecule has 0 radical (unpaired) electrons. The fourth-order valence-electron chi connectivity index (χ4n) is 3.58. The Bertz CT molecular complexity index is 938. The van der Waals surface area contributed by atoms with Crippen molar-refractivity contribution >= 4 is 23.5 Å². The Morgan fingerprint density at radius 1 is 1.19 bits per heavy atom. The lowest BCUT2D eigenvalue weighted by Gasteiger charge is -2.27. The predicted molar refractivity (Wildman–Crippen MR) is 116 cm³/mol. The van der Waals surface area contributed by atoms with E-state index in [1.165, 1.54) is 18.9 Å². The van der Waals surface area contributed by atoms with Crippen LogP contribution in [-0.4, -0.2) is 53.5 Å².